The van der Waals surface area contributed by atoms with Crippen LogP contribution in [0.3, 0.4) is 0 Å². The van der Waals surface area contributed by atoms with Crippen LogP contribution in [0.4, 0.5) is 13.2 Å². The van der Waals surface area contributed by atoms with Gasteiger partial charge in [0, 0.05) is 0 Å². The van der Waals surface area contributed by atoms with E-state index in [0.717, 1.165) is 11.1 Å². The Morgan fingerprint density at radius 1 is 1.25 bits per heavy atom. The highest BCUT2D eigenvalue weighted by molar-refractivity contribution is 5.26. The summed E-state index contributed by atoms with van der Waals surface area (Å²) < 4.78 is 38.0. The molecular weight excluding hydrogens is 215 g/mol. The third kappa shape index (κ3) is 3.52. The molecule has 0 aliphatic carbocycles. The molecule has 0 radical (unpaired) electrons. The van der Waals surface area contributed by atoms with Crippen molar-refractivity contribution in [3.05, 3.63) is 35.4 Å². The zero-order valence-electron chi connectivity index (χ0n) is 9.22. The summed E-state index contributed by atoms with van der Waals surface area (Å²) >= 11 is 0. The monoisotopic (exact) mass is 231 g/mol. The van der Waals surface area contributed by atoms with E-state index in [1.54, 1.807) is 12.1 Å². The summed E-state index contributed by atoms with van der Waals surface area (Å²) in [5, 5.41) is 0. The number of nitrogens with two attached hydrogens (primary N) is 1. The van der Waals surface area contributed by atoms with Gasteiger partial charge in [-0.2, -0.15) is 13.2 Å². The predicted molar refractivity (Wildman–Crippen MR) is 58.1 cm³/mol. The molecule has 1 rings (SSSR count). The maximum atomic E-state index is 12.7. The van der Waals surface area contributed by atoms with Gasteiger partial charge in [-0.05, 0) is 37.4 Å². The van der Waals surface area contributed by atoms with E-state index in [-0.39, 0.29) is 19.4 Å². The molecule has 0 heterocycles. The summed E-state index contributed by atoms with van der Waals surface area (Å²) in [4.78, 5) is 0. The van der Waals surface area contributed by atoms with E-state index >= 15 is 0 Å². The fourth-order valence-electron chi connectivity index (χ4n) is 1.69. The molecule has 0 aromatic heterocycles. The topological polar surface area (TPSA) is 26.0 Å². The molecule has 1 unspecified atom stereocenters. The number of aryl methyl sites for hydroxylation is 1. The first-order valence-corrected chi connectivity index (χ1v) is 5.26. The molecule has 0 spiro atoms. The number of hydrogen-bond acceptors (Lipinski definition) is 1. The molecule has 1 aromatic rings. The quantitative estimate of drug-likeness (QED) is 0.846. The Balaban J connectivity index is 2.80. The van der Waals surface area contributed by atoms with Crippen molar-refractivity contribution in [1.82, 2.24) is 0 Å². The van der Waals surface area contributed by atoms with E-state index < -0.39 is 12.1 Å². The number of halogens is 3. The third-order valence-corrected chi connectivity index (χ3v) is 2.71. The van der Waals surface area contributed by atoms with Crippen LogP contribution in [0.1, 0.15) is 17.5 Å². The molecule has 1 atom stereocenters. The molecule has 0 amide bonds. The first kappa shape index (κ1) is 13.0. The van der Waals surface area contributed by atoms with Crippen LogP contribution < -0.4 is 5.73 Å². The molecule has 0 aliphatic heterocycles. The number of benzene rings is 1. The lowest BCUT2D eigenvalue weighted by molar-refractivity contribution is -0.175. The fraction of sp³-hybridized carbons (Fsp3) is 0.500. The minimum absolute atomic E-state index is 0.0160. The highest BCUT2D eigenvalue weighted by Gasteiger charge is 2.38. The largest absolute Gasteiger partial charge is 0.392 e. The van der Waals surface area contributed by atoms with Gasteiger partial charge >= 0.3 is 6.18 Å². The average Bonchev–Trinajstić information content (AvgIpc) is 2.19. The molecule has 0 fully saturated rings. The third-order valence-electron chi connectivity index (χ3n) is 2.71. The van der Waals surface area contributed by atoms with Crippen molar-refractivity contribution in [1.29, 1.82) is 0 Å². The maximum Gasteiger partial charge on any atom is 0.392 e. The number of alkyl halides is 3. The van der Waals surface area contributed by atoms with Crippen molar-refractivity contribution in [2.75, 3.05) is 6.54 Å². The molecule has 2 N–H and O–H groups in total. The first-order chi connectivity index (χ1) is 7.45. The van der Waals surface area contributed by atoms with E-state index in [1.165, 1.54) is 0 Å². The Bertz CT molecular complexity index is 333. The van der Waals surface area contributed by atoms with Gasteiger partial charge in [0.1, 0.15) is 0 Å². The highest BCUT2D eigenvalue weighted by atomic mass is 19.4. The molecule has 90 valence electrons. The van der Waals surface area contributed by atoms with E-state index in [4.69, 9.17) is 5.73 Å². The van der Waals surface area contributed by atoms with Crippen LogP contribution in [0.25, 0.3) is 0 Å². The van der Waals surface area contributed by atoms with Gasteiger partial charge in [0.2, 0.25) is 0 Å². The second kappa shape index (κ2) is 5.34. The Hall–Kier alpha value is -1.03. The van der Waals surface area contributed by atoms with Gasteiger partial charge < -0.3 is 5.73 Å². The molecule has 0 aliphatic rings. The molecule has 0 saturated carbocycles. The van der Waals surface area contributed by atoms with Crippen LogP contribution >= 0.6 is 0 Å². The minimum atomic E-state index is -4.17. The molecule has 4 heteroatoms. The van der Waals surface area contributed by atoms with E-state index in [0.29, 0.717) is 0 Å². The minimum Gasteiger partial charge on any atom is -0.330 e. The van der Waals surface area contributed by atoms with Crippen molar-refractivity contribution in [3.8, 4) is 0 Å². The summed E-state index contributed by atoms with van der Waals surface area (Å²) in [6.45, 7) is 1.89. The van der Waals surface area contributed by atoms with E-state index in [1.807, 2.05) is 19.1 Å². The Morgan fingerprint density at radius 2 is 1.88 bits per heavy atom. The van der Waals surface area contributed by atoms with Crippen LogP contribution in [0.5, 0.6) is 0 Å². The second-order valence-corrected chi connectivity index (χ2v) is 3.95. The summed E-state index contributed by atoms with van der Waals surface area (Å²) in [6, 6.07) is 7.15. The predicted octanol–water partition coefficient (Wildman–Crippen LogP) is 3.06. The average molecular weight is 231 g/mol. The van der Waals surface area contributed by atoms with Gasteiger partial charge in [-0.1, -0.05) is 24.3 Å². The van der Waals surface area contributed by atoms with Gasteiger partial charge in [0.15, 0.2) is 0 Å². The zero-order valence-corrected chi connectivity index (χ0v) is 9.22. The van der Waals surface area contributed by atoms with Gasteiger partial charge in [-0.15, -0.1) is 0 Å². The summed E-state index contributed by atoms with van der Waals surface area (Å²) in [7, 11) is 0. The van der Waals surface area contributed by atoms with Crippen LogP contribution in [-0.2, 0) is 6.42 Å². The molecule has 16 heavy (non-hydrogen) atoms. The Labute approximate surface area is 93.5 Å². The Kier molecular flexibility index (Phi) is 4.35. The van der Waals surface area contributed by atoms with Gasteiger partial charge in [-0.3, -0.25) is 0 Å². The second-order valence-electron chi connectivity index (χ2n) is 3.95. The van der Waals surface area contributed by atoms with Crippen molar-refractivity contribution >= 4 is 0 Å². The Morgan fingerprint density at radius 3 is 2.38 bits per heavy atom. The SMILES string of the molecule is Cc1ccccc1CC(CCN)C(F)(F)F. The lowest BCUT2D eigenvalue weighted by Crippen LogP contribution is -2.27. The molecular formula is C12H16F3N. The summed E-state index contributed by atoms with van der Waals surface area (Å²) in [6.07, 6.45) is -4.16. The molecule has 1 aromatic carbocycles. The lowest BCUT2D eigenvalue weighted by atomic mass is 9.93. The lowest BCUT2D eigenvalue weighted by Gasteiger charge is -2.20. The van der Waals surface area contributed by atoms with Crippen LogP contribution in [0.2, 0.25) is 0 Å². The van der Waals surface area contributed by atoms with Crippen molar-refractivity contribution in [2.24, 2.45) is 11.7 Å². The van der Waals surface area contributed by atoms with Crippen LogP contribution in [-0.4, -0.2) is 12.7 Å². The standard InChI is InChI=1S/C12H16F3N/c1-9-4-2-3-5-10(9)8-11(6-7-16)12(13,14)15/h2-5,11H,6-8,16H2,1H3. The smallest absolute Gasteiger partial charge is 0.330 e. The summed E-state index contributed by atoms with van der Waals surface area (Å²) in [5.74, 6) is -1.33. The van der Waals surface area contributed by atoms with Gasteiger partial charge in [-0.25, -0.2) is 0 Å². The fourth-order valence-corrected chi connectivity index (χ4v) is 1.69. The molecule has 1 nitrogen and oxygen atoms in total. The van der Waals surface area contributed by atoms with Crippen molar-refractivity contribution in [3.63, 3.8) is 0 Å². The van der Waals surface area contributed by atoms with Crippen molar-refractivity contribution in [2.45, 2.75) is 25.9 Å². The number of rotatable bonds is 4. The van der Waals surface area contributed by atoms with Crippen molar-refractivity contribution < 1.29 is 13.2 Å². The van der Waals surface area contributed by atoms with Crippen LogP contribution in [0.15, 0.2) is 24.3 Å². The highest BCUT2D eigenvalue weighted by Crippen LogP contribution is 2.31. The maximum absolute atomic E-state index is 12.7. The first-order valence-electron chi connectivity index (χ1n) is 5.26. The van der Waals surface area contributed by atoms with E-state index in [2.05, 4.69) is 0 Å². The number of hydrogen-bond donors (Lipinski definition) is 1. The molecule has 0 bridgehead atoms. The van der Waals surface area contributed by atoms with Gasteiger partial charge in [0.25, 0.3) is 0 Å². The van der Waals surface area contributed by atoms with Crippen LogP contribution in [0, 0.1) is 12.8 Å². The molecule has 0 saturated heterocycles. The normalized spacial score (nSPS) is 13.8. The van der Waals surface area contributed by atoms with E-state index in [9.17, 15) is 13.2 Å². The zero-order chi connectivity index (χ0) is 12.2. The summed E-state index contributed by atoms with van der Waals surface area (Å²) in [5.41, 5.74) is 6.86. The van der Waals surface area contributed by atoms with Gasteiger partial charge in [0.05, 0.1) is 5.92 Å².